The number of hydrogen-bond donors (Lipinski definition) is 0. The van der Waals surface area contributed by atoms with E-state index in [0.29, 0.717) is 0 Å². The van der Waals surface area contributed by atoms with Crippen molar-refractivity contribution in [1.82, 2.24) is 0 Å². The second-order valence-corrected chi connectivity index (χ2v) is 6.59. The predicted octanol–water partition coefficient (Wildman–Crippen LogP) is 5.61. The van der Waals surface area contributed by atoms with E-state index in [4.69, 9.17) is 0 Å². The van der Waals surface area contributed by atoms with Crippen LogP contribution >= 0.6 is 0 Å². The molecule has 18 heavy (non-hydrogen) atoms. The molecular weight excluding hydrogens is 216 g/mol. The largest absolute Gasteiger partial charge is 0.0876 e. The van der Waals surface area contributed by atoms with Gasteiger partial charge in [0.25, 0.3) is 0 Å². The normalized spacial score (nSPS) is 40.0. The minimum Gasteiger partial charge on any atom is -0.0876 e. The molecule has 0 amide bonds. The lowest BCUT2D eigenvalue weighted by atomic mass is 9.61. The minimum atomic E-state index is 0.729. The van der Waals surface area contributed by atoms with E-state index in [9.17, 15) is 0 Å². The van der Waals surface area contributed by atoms with Crippen LogP contribution in [0.2, 0.25) is 0 Å². The molecule has 2 aliphatic rings. The number of hydrogen-bond acceptors (Lipinski definition) is 0. The van der Waals surface area contributed by atoms with Gasteiger partial charge in [-0.1, -0.05) is 57.4 Å². The van der Waals surface area contributed by atoms with Crippen molar-refractivity contribution in [2.75, 3.05) is 0 Å². The van der Waals surface area contributed by atoms with Crippen LogP contribution in [-0.4, -0.2) is 0 Å². The molecule has 2 aliphatic carbocycles. The zero-order valence-electron chi connectivity index (χ0n) is 12.7. The second kappa shape index (κ2) is 6.08. The fourth-order valence-corrected chi connectivity index (χ4v) is 4.18. The molecule has 0 aromatic carbocycles. The van der Waals surface area contributed by atoms with Crippen LogP contribution in [-0.2, 0) is 0 Å². The summed E-state index contributed by atoms with van der Waals surface area (Å²) >= 11 is 0. The van der Waals surface area contributed by atoms with E-state index in [0.717, 1.165) is 29.6 Å². The first kappa shape index (κ1) is 13.9. The van der Waals surface area contributed by atoms with Gasteiger partial charge in [-0.3, -0.25) is 0 Å². The smallest absolute Gasteiger partial charge is 0.000256 e. The Morgan fingerprint density at radius 3 is 2.56 bits per heavy atom. The van der Waals surface area contributed by atoms with Gasteiger partial charge in [0.05, 0.1) is 0 Å². The molecular formula is C18H30. The molecule has 1 fully saturated rings. The number of rotatable bonds is 5. The van der Waals surface area contributed by atoms with E-state index in [2.05, 4.69) is 45.9 Å². The van der Waals surface area contributed by atoms with Crippen LogP contribution in [0.25, 0.3) is 0 Å². The van der Waals surface area contributed by atoms with Crippen molar-refractivity contribution < 1.29 is 0 Å². The average molecular weight is 246 g/mol. The second-order valence-electron chi connectivity index (χ2n) is 6.59. The SMILES string of the molecule is CCC1CC(C/C=C(/C)C2C=CCC2C)C1CC. The standard InChI is InChI=1S/C18H30/c1-5-15-12-16(17(15)6-2)11-10-14(4)18-9-7-8-13(18)3/h7,9-10,13,15-18H,5-6,8,11-12H2,1-4H3/b14-10-. The van der Waals surface area contributed by atoms with Gasteiger partial charge in [-0.2, -0.15) is 0 Å². The first-order valence-corrected chi connectivity index (χ1v) is 8.00. The summed E-state index contributed by atoms with van der Waals surface area (Å²) in [6.07, 6.45) is 14.2. The molecule has 0 heterocycles. The van der Waals surface area contributed by atoms with Crippen molar-refractivity contribution in [2.24, 2.45) is 29.6 Å². The molecule has 0 aliphatic heterocycles. The lowest BCUT2D eigenvalue weighted by Gasteiger charge is -2.44. The van der Waals surface area contributed by atoms with Crippen LogP contribution < -0.4 is 0 Å². The van der Waals surface area contributed by atoms with E-state index < -0.39 is 0 Å². The van der Waals surface area contributed by atoms with Crippen molar-refractivity contribution in [2.45, 2.75) is 59.8 Å². The highest BCUT2D eigenvalue weighted by molar-refractivity contribution is 5.17. The first-order chi connectivity index (χ1) is 8.67. The maximum atomic E-state index is 2.55. The first-order valence-electron chi connectivity index (χ1n) is 8.00. The third-order valence-electron chi connectivity index (χ3n) is 5.54. The Hall–Kier alpha value is -0.520. The Morgan fingerprint density at radius 2 is 2.00 bits per heavy atom. The third-order valence-corrected chi connectivity index (χ3v) is 5.54. The van der Waals surface area contributed by atoms with Gasteiger partial charge in [0.15, 0.2) is 0 Å². The third kappa shape index (κ3) is 2.73. The topological polar surface area (TPSA) is 0 Å². The Bertz CT molecular complexity index is 323. The van der Waals surface area contributed by atoms with Crippen LogP contribution in [0.5, 0.6) is 0 Å². The van der Waals surface area contributed by atoms with Crippen molar-refractivity contribution in [1.29, 1.82) is 0 Å². The zero-order valence-corrected chi connectivity index (χ0v) is 12.7. The van der Waals surface area contributed by atoms with Crippen molar-refractivity contribution in [3.63, 3.8) is 0 Å². The maximum Gasteiger partial charge on any atom is 0.000256 e. The van der Waals surface area contributed by atoms with E-state index in [1.165, 1.54) is 32.1 Å². The lowest BCUT2D eigenvalue weighted by molar-refractivity contribution is 0.0661. The molecule has 5 atom stereocenters. The fraction of sp³-hybridized carbons (Fsp3) is 0.778. The maximum absolute atomic E-state index is 2.55. The zero-order chi connectivity index (χ0) is 13.1. The Kier molecular flexibility index (Phi) is 4.70. The summed E-state index contributed by atoms with van der Waals surface area (Å²) in [6, 6.07) is 0. The summed E-state index contributed by atoms with van der Waals surface area (Å²) in [7, 11) is 0. The molecule has 0 radical (unpaired) electrons. The van der Waals surface area contributed by atoms with E-state index in [1.807, 2.05) is 0 Å². The number of allylic oxidation sites excluding steroid dienone is 4. The molecule has 0 nitrogen and oxygen atoms in total. The molecule has 0 N–H and O–H groups in total. The van der Waals surface area contributed by atoms with Gasteiger partial charge in [-0.15, -0.1) is 0 Å². The summed E-state index contributed by atoms with van der Waals surface area (Å²) < 4.78 is 0. The molecule has 2 rings (SSSR count). The van der Waals surface area contributed by atoms with E-state index in [1.54, 1.807) is 5.57 Å². The Morgan fingerprint density at radius 1 is 1.22 bits per heavy atom. The molecule has 0 spiro atoms. The van der Waals surface area contributed by atoms with Crippen molar-refractivity contribution >= 4 is 0 Å². The van der Waals surface area contributed by atoms with Gasteiger partial charge in [0.1, 0.15) is 0 Å². The van der Waals surface area contributed by atoms with Gasteiger partial charge < -0.3 is 0 Å². The Labute approximate surface area is 114 Å². The van der Waals surface area contributed by atoms with Crippen LogP contribution in [0.4, 0.5) is 0 Å². The summed E-state index contributed by atoms with van der Waals surface area (Å²) in [5.74, 6) is 4.57. The van der Waals surface area contributed by atoms with Crippen LogP contribution in [0, 0.1) is 29.6 Å². The summed E-state index contributed by atoms with van der Waals surface area (Å²) in [5, 5.41) is 0. The molecule has 0 aromatic rings. The van der Waals surface area contributed by atoms with Crippen LogP contribution in [0.1, 0.15) is 59.8 Å². The van der Waals surface area contributed by atoms with Gasteiger partial charge in [0.2, 0.25) is 0 Å². The molecule has 0 bridgehead atoms. The fourth-order valence-electron chi connectivity index (χ4n) is 4.18. The molecule has 102 valence electrons. The molecule has 1 saturated carbocycles. The van der Waals surface area contributed by atoms with Crippen molar-refractivity contribution in [3.05, 3.63) is 23.8 Å². The highest BCUT2D eigenvalue weighted by atomic mass is 14.4. The Balaban J connectivity index is 1.85. The monoisotopic (exact) mass is 246 g/mol. The summed E-state index contributed by atoms with van der Waals surface area (Å²) in [5.41, 5.74) is 1.62. The average Bonchev–Trinajstić information content (AvgIpc) is 2.75. The summed E-state index contributed by atoms with van der Waals surface area (Å²) in [6.45, 7) is 9.45. The van der Waals surface area contributed by atoms with Gasteiger partial charge in [0, 0.05) is 5.92 Å². The highest BCUT2D eigenvalue weighted by Crippen LogP contribution is 2.46. The van der Waals surface area contributed by atoms with Gasteiger partial charge in [-0.25, -0.2) is 0 Å². The quantitative estimate of drug-likeness (QED) is 0.553. The predicted molar refractivity (Wildman–Crippen MR) is 80.5 cm³/mol. The van der Waals surface area contributed by atoms with Crippen molar-refractivity contribution in [3.8, 4) is 0 Å². The van der Waals surface area contributed by atoms with Crippen LogP contribution in [0.3, 0.4) is 0 Å². The minimum absolute atomic E-state index is 0.729. The highest BCUT2D eigenvalue weighted by Gasteiger charge is 2.37. The van der Waals surface area contributed by atoms with Gasteiger partial charge in [-0.05, 0) is 49.9 Å². The summed E-state index contributed by atoms with van der Waals surface area (Å²) in [4.78, 5) is 0. The van der Waals surface area contributed by atoms with Crippen LogP contribution in [0.15, 0.2) is 23.8 Å². The van der Waals surface area contributed by atoms with E-state index in [-0.39, 0.29) is 0 Å². The molecule has 5 unspecified atom stereocenters. The molecule has 0 aromatic heterocycles. The molecule has 0 saturated heterocycles. The van der Waals surface area contributed by atoms with E-state index >= 15 is 0 Å². The van der Waals surface area contributed by atoms with Gasteiger partial charge >= 0.3 is 0 Å². The lowest BCUT2D eigenvalue weighted by Crippen LogP contribution is -2.35. The molecule has 0 heteroatoms.